The smallest absolute Gasteiger partial charge is 0.328 e. The van der Waals surface area contributed by atoms with Gasteiger partial charge < -0.3 is 4.74 Å². The molecule has 0 spiro atoms. The van der Waals surface area contributed by atoms with Crippen LogP contribution >= 0.6 is 0 Å². The van der Waals surface area contributed by atoms with Crippen molar-refractivity contribution in [2.75, 3.05) is 12.0 Å². The molecule has 5 heteroatoms. The normalized spacial score (nSPS) is 19.5. The second-order valence-corrected chi connectivity index (χ2v) is 3.82. The van der Waals surface area contributed by atoms with Crippen LogP contribution in [0, 0.1) is 5.82 Å². The Morgan fingerprint density at radius 2 is 2.06 bits per heavy atom. The Balaban J connectivity index is 2.30. The molecule has 0 radical (unpaired) electrons. The van der Waals surface area contributed by atoms with Crippen molar-refractivity contribution in [2.24, 2.45) is 0 Å². The third kappa shape index (κ3) is 2.13. The van der Waals surface area contributed by atoms with E-state index in [0.717, 1.165) is 0 Å². The number of methoxy groups -OCH3 is 1. The Hall–Kier alpha value is -1.91. The molecule has 0 aliphatic carbocycles. The van der Waals surface area contributed by atoms with Crippen molar-refractivity contribution in [1.82, 2.24) is 0 Å². The molecule has 1 aromatic rings. The molecular formula is C12H12FNO3. The van der Waals surface area contributed by atoms with Gasteiger partial charge in [-0.25, -0.2) is 9.18 Å². The number of hydrogen-bond donors (Lipinski definition) is 0. The molecule has 1 atom stereocenters. The predicted octanol–water partition coefficient (Wildman–Crippen LogP) is 1.49. The summed E-state index contributed by atoms with van der Waals surface area (Å²) in [6.45, 7) is 0. The van der Waals surface area contributed by atoms with Gasteiger partial charge >= 0.3 is 5.97 Å². The van der Waals surface area contributed by atoms with Gasteiger partial charge in [0.2, 0.25) is 5.91 Å². The minimum absolute atomic E-state index is 0.146. The van der Waals surface area contributed by atoms with Crippen LogP contribution in [0.2, 0.25) is 0 Å². The Kier molecular flexibility index (Phi) is 3.08. The standard InChI is InChI=1S/C12H12FNO3/c1-17-12(16)10-6-7-11(15)14(10)9-4-2-8(13)3-5-9/h2-5,10H,6-7H2,1H3. The van der Waals surface area contributed by atoms with Crippen molar-refractivity contribution in [1.29, 1.82) is 0 Å². The van der Waals surface area contributed by atoms with Crippen molar-refractivity contribution in [3.8, 4) is 0 Å². The van der Waals surface area contributed by atoms with Gasteiger partial charge in [0.05, 0.1) is 7.11 Å². The summed E-state index contributed by atoms with van der Waals surface area (Å²) < 4.78 is 17.4. The van der Waals surface area contributed by atoms with Gasteiger partial charge in [-0.05, 0) is 30.7 Å². The van der Waals surface area contributed by atoms with E-state index in [0.29, 0.717) is 18.5 Å². The zero-order valence-electron chi connectivity index (χ0n) is 9.35. The minimum Gasteiger partial charge on any atom is -0.467 e. The summed E-state index contributed by atoms with van der Waals surface area (Å²) in [7, 11) is 1.29. The molecule has 1 unspecified atom stereocenters. The number of carbonyl (C=O) groups excluding carboxylic acids is 2. The van der Waals surface area contributed by atoms with Gasteiger partial charge in [0.25, 0.3) is 0 Å². The van der Waals surface area contributed by atoms with Crippen LogP contribution in [0.5, 0.6) is 0 Å². The number of esters is 1. The molecule has 1 aliphatic rings. The quantitative estimate of drug-likeness (QED) is 0.732. The summed E-state index contributed by atoms with van der Waals surface area (Å²) in [5.41, 5.74) is 0.518. The molecule has 0 aromatic heterocycles. The molecule has 1 aliphatic heterocycles. The molecular weight excluding hydrogens is 225 g/mol. The number of hydrogen-bond acceptors (Lipinski definition) is 3. The van der Waals surface area contributed by atoms with Crippen LogP contribution in [0.15, 0.2) is 24.3 Å². The fraction of sp³-hybridized carbons (Fsp3) is 0.333. The molecule has 4 nitrogen and oxygen atoms in total. The number of ether oxygens (including phenoxy) is 1. The van der Waals surface area contributed by atoms with E-state index >= 15 is 0 Å². The van der Waals surface area contributed by atoms with Crippen LogP contribution in [0.3, 0.4) is 0 Å². The summed E-state index contributed by atoms with van der Waals surface area (Å²) in [6, 6.07) is 4.88. The zero-order chi connectivity index (χ0) is 12.4. The molecule has 90 valence electrons. The number of benzene rings is 1. The Morgan fingerprint density at radius 3 is 2.65 bits per heavy atom. The monoisotopic (exact) mass is 237 g/mol. The van der Waals surface area contributed by atoms with Crippen molar-refractivity contribution in [2.45, 2.75) is 18.9 Å². The summed E-state index contributed by atoms with van der Waals surface area (Å²) in [5.74, 6) is -0.970. The molecule has 1 fully saturated rings. The highest BCUT2D eigenvalue weighted by molar-refractivity contribution is 6.02. The lowest BCUT2D eigenvalue weighted by Gasteiger charge is -2.22. The Labute approximate surface area is 98.0 Å². The third-order valence-corrected chi connectivity index (χ3v) is 2.79. The summed E-state index contributed by atoms with van der Waals surface area (Å²) in [5, 5.41) is 0. The number of anilines is 1. The summed E-state index contributed by atoms with van der Waals surface area (Å²) >= 11 is 0. The number of amides is 1. The number of halogens is 1. The van der Waals surface area contributed by atoms with E-state index in [1.54, 1.807) is 0 Å². The predicted molar refractivity (Wildman–Crippen MR) is 58.9 cm³/mol. The maximum absolute atomic E-state index is 12.8. The average Bonchev–Trinajstić information content (AvgIpc) is 2.71. The molecule has 17 heavy (non-hydrogen) atoms. The highest BCUT2D eigenvalue weighted by Crippen LogP contribution is 2.27. The van der Waals surface area contributed by atoms with Crippen LogP contribution in [0.25, 0.3) is 0 Å². The van der Waals surface area contributed by atoms with Gasteiger partial charge in [-0.1, -0.05) is 0 Å². The second kappa shape index (κ2) is 4.53. The summed E-state index contributed by atoms with van der Waals surface area (Å²) in [6.07, 6.45) is 0.736. The number of carbonyl (C=O) groups is 2. The van der Waals surface area contributed by atoms with E-state index < -0.39 is 12.0 Å². The Morgan fingerprint density at radius 1 is 1.41 bits per heavy atom. The van der Waals surface area contributed by atoms with Gasteiger partial charge in [-0.3, -0.25) is 9.69 Å². The third-order valence-electron chi connectivity index (χ3n) is 2.79. The highest BCUT2D eigenvalue weighted by Gasteiger charge is 2.37. The lowest BCUT2D eigenvalue weighted by Crippen LogP contribution is -2.39. The van der Waals surface area contributed by atoms with Crippen molar-refractivity contribution < 1.29 is 18.7 Å². The zero-order valence-corrected chi connectivity index (χ0v) is 9.35. The lowest BCUT2D eigenvalue weighted by molar-refractivity contribution is -0.142. The highest BCUT2D eigenvalue weighted by atomic mass is 19.1. The molecule has 1 amide bonds. The van der Waals surface area contributed by atoms with E-state index in [1.165, 1.54) is 36.3 Å². The maximum Gasteiger partial charge on any atom is 0.328 e. The van der Waals surface area contributed by atoms with Gasteiger partial charge in [-0.2, -0.15) is 0 Å². The van der Waals surface area contributed by atoms with Gasteiger partial charge in [0.1, 0.15) is 11.9 Å². The molecule has 0 N–H and O–H groups in total. The Bertz CT molecular complexity index is 444. The van der Waals surface area contributed by atoms with E-state index in [9.17, 15) is 14.0 Å². The van der Waals surface area contributed by atoms with Gasteiger partial charge in [0, 0.05) is 12.1 Å². The van der Waals surface area contributed by atoms with Crippen molar-refractivity contribution in [3.63, 3.8) is 0 Å². The minimum atomic E-state index is -0.599. The van der Waals surface area contributed by atoms with Crippen LogP contribution in [0.1, 0.15) is 12.8 Å². The van der Waals surface area contributed by atoms with Crippen LogP contribution in [0.4, 0.5) is 10.1 Å². The van der Waals surface area contributed by atoms with E-state index in [4.69, 9.17) is 0 Å². The number of nitrogens with zero attached hydrogens (tertiary/aromatic N) is 1. The van der Waals surface area contributed by atoms with E-state index in [1.807, 2.05) is 0 Å². The first-order chi connectivity index (χ1) is 8.13. The first kappa shape index (κ1) is 11.6. The van der Waals surface area contributed by atoms with Crippen LogP contribution in [-0.4, -0.2) is 25.0 Å². The first-order valence-corrected chi connectivity index (χ1v) is 5.29. The van der Waals surface area contributed by atoms with Crippen LogP contribution < -0.4 is 4.90 Å². The first-order valence-electron chi connectivity index (χ1n) is 5.29. The second-order valence-electron chi connectivity index (χ2n) is 3.82. The van der Waals surface area contributed by atoms with Crippen LogP contribution in [-0.2, 0) is 14.3 Å². The molecule has 1 aromatic carbocycles. The maximum atomic E-state index is 12.8. The molecule has 1 saturated heterocycles. The van der Waals surface area contributed by atoms with Gasteiger partial charge in [0.15, 0.2) is 0 Å². The SMILES string of the molecule is COC(=O)C1CCC(=O)N1c1ccc(F)cc1. The van der Waals surface area contributed by atoms with E-state index in [2.05, 4.69) is 4.74 Å². The fourth-order valence-corrected chi connectivity index (χ4v) is 1.97. The molecule has 1 heterocycles. The largest absolute Gasteiger partial charge is 0.467 e. The molecule has 2 rings (SSSR count). The van der Waals surface area contributed by atoms with Crippen molar-refractivity contribution >= 4 is 17.6 Å². The lowest BCUT2D eigenvalue weighted by atomic mass is 10.2. The van der Waals surface area contributed by atoms with Crippen molar-refractivity contribution in [3.05, 3.63) is 30.1 Å². The average molecular weight is 237 g/mol. The number of rotatable bonds is 2. The topological polar surface area (TPSA) is 46.6 Å². The van der Waals surface area contributed by atoms with E-state index in [-0.39, 0.29) is 11.7 Å². The molecule has 0 bridgehead atoms. The fourth-order valence-electron chi connectivity index (χ4n) is 1.97. The molecule has 0 saturated carbocycles. The summed E-state index contributed by atoms with van der Waals surface area (Å²) in [4.78, 5) is 24.6. The van der Waals surface area contributed by atoms with Gasteiger partial charge in [-0.15, -0.1) is 0 Å².